The van der Waals surface area contributed by atoms with Gasteiger partial charge in [-0.1, -0.05) is 284 Å². The first-order chi connectivity index (χ1) is 32.9. The first kappa shape index (κ1) is 64.2. The second-order valence-electron chi connectivity index (χ2n) is 20.8. The van der Waals surface area contributed by atoms with Crippen LogP contribution >= 0.6 is 0 Å². The Morgan fingerprint density at radius 3 is 1.06 bits per heavy atom. The molecule has 1 heterocycles. The third-order valence-electron chi connectivity index (χ3n) is 14.3. The molecule has 6 atom stereocenters. The van der Waals surface area contributed by atoms with Crippen LogP contribution in [-0.2, 0) is 23.7 Å². The number of ether oxygens (including phenoxy) is 4. The third-order valence-corrected chi connectivity index (χ3v) is 14.3. The van der Waals surface area contributed by atoms with Crippen molar-refractivity contribution in [2.24, 2.45) is 0 Å². The zero-order valence-electron chi connectivity index (χ0n) is 44.4. The van der Waals surface area contributed by atoms with Crippen LogP contribution in [0.15, 0.2) is 0 Å². The maximum atomic E-state index is 12.9. The van der Waals surface area contributed by atoms with E-state index < -0.39 is 43.4 Å². The quantitative estimate of drug-likeness (QED) is 0.0347. The van der Waals surface area contributed by atoms with Gasteiger partial charge in [0.2, 0.25) is 0 Å². The van der Waals surface area contributed by atoms with Crippen molar-refractivity contribution in [3.63, 3.8) is 0 Å². The van der Waals surface area contributed by atoms with Crippen LogP contribution in [0.1, 0.15) is 303 Å². The number of carbonyl (C=O) groups excluding carboxylic acids is 1. The van der Waals surface area contributed by atoms with Gasteiger partial charge in [-0.05, 0) is 12.8 Å². The first-order valence-corrected chi connectivity index (χ1v) is 29.6. The van der Waals surface area contributed by atoms with Gasteiger partial charge in [-0.15, -0.1) is 0 Å². The molecule has 0 saturated carbocycles. The highest BCUT2D eigenvalue weighted by atomic mass is 16.7. The molecule has 1 saturated heterocycles. The standard InChI is InChI=1S/C58H114O9/c1-3-5-7-9-11-13-15-17-19-21-23-24-25-26-27-28-30-32-34-36-38-40-42-44-46-48-64-50-52(51-65-58-57(63)56(62)55(61)53(49-59)67-58)66-54(60)47-45-43-41-39-37-35-33-31-29-22-20-18-16-14-12-10-8-6-4-2/h52-53,55-59,61-63H,3-51H2,1-2H3. The average Bonchev–Trinajstić information content (AvgIpc) is 3.33. The zero-order valence-corrected chi connectivity index (χ0v) is 44.4. The van der Waals surface area contributed by atoms with Gasteiger partial charge in [-0.2, -0.15) is 0 Å². The zero-order chi connectivity index (χ0) is 48.5. The molecule has 0 aromatic heterocycles. The van der Waals surface area contributed by atoms with Crippen LogP contribution in [0.2, 0.25) is 0 Å². The fraction of sp³-hybridized carbons (Fsp3) is 0.983. The normalized spacial score (nSPS) is 19.0. The lowest BCUT2D eigenvalue weighted by Crippen LogP contribution is -2.59. The molecule has 0 aromatic rings. The van der Waals surface area contributed by atoms with Gasteiger partial charge in [0.25, 0.3) is 0 Å². The minimum Gasteiger partial charge on any atom is -0.457 e. The Morgan fingerprint density at radius 1 is 0.418 bits per heavy atom. The Labute approximate surface area is 414 Å². The lowest BCUT2D eigenvalue weighted by atomic mass is 9.99. The number of hydrogen-bond acceptors (Lipinski definition) is 9. The number of aliphatic hydroxyl groups excluding tert-OH is 4. The molecule has 1 rings (SSSR count). The summed E-state index contributed by atoms with van der Waals surface area (Å²) >= 11 is 0. The van der Waals surface area contributed by atoms with Gasteiger partial charge < -0.3 is 39.4 Å². The van der Waals surface area contributed by atoms with Crippen LogP contribution in [0.5, 0.6) is 0 Å². The Kier molecular flexibility index (Phi) is 48.1. The minimum atomic E-state index is -1.53. The van der Waals surface area contributed by atoms with Gasteiger partial charge in [0.05, 0.1) is 19.8 Å². The number of esters is 1. The van der Waals surface area contributed by atoms with Gasteiger partial charge in [0.1, 0.15) is 30.5 Å². The summed E-state index contributed by atoms with van der Waals surface area (Å²) < 4.78 is 23.0. The van der Waals surface area contributed by atoms with Crippen LogP contribution in [0.25, 0.3) is 0 Å². The molecule has 0 amide bonds. The molecule has 9 nitrogen and oxygen atoms in total. The minimum absolute atomic E-state index is 0.104. The van der Waals surface area contributed by atoms with E-state index in [0.717, 1.165) is 32.1 Å². The van der Waals surface area contributed by atoms with Crippen molar-refractivity contribution in [3.8, 4) is 0 Å². The topological polar surface area (TPSA) is 135 Å². The average molecular weight is 956 g/mol. The Morgan fingerprint density at radius 2 is 0.731 bits per heavy atom. The Bertz CT molecular complexity index is 997. The predicted octanol–water partition coefficient (Wildman–Crippen LogP) is 15.3. The molecule has 6 unspecified atom stereocenters. The van der Waals surface area contributed by atoms with E-state index in [0.29, 0.717) is 13.0 Å². The van der Waals surface area contributed by atoms with Gasteiger partial charge in [-0.3, -0.25) is 4.79 Å². The molecular weight excluding hydrogens is 841 g/mol. The van der Waals surface area contributed by atoms with E-state index >= 15 is 0 Å². The monoisotopic (exact) mass is 955 g/mol. The second kappa shape index (κ2) is 50.1. The summed E-state index contributed by atoms with van der Waals surface area (Å²) in [6.45, 7) is 4.65. The molecule has 400 valence electrons. The highest BCUT2D eigenvalue weighted by molar-refractivity contribution is 5.69. The molecule has 9 heteroatoms. The van der Waals surface area contributed by atoms with Gasteiger partial charge in [-0.25, -0.2) is 0 Å². The van der Waals surface area contributed by atoms with Crippen molar-refractivity contribution in [2.45, 2.75) is 340 Å². The first-order valence-electron chi connectivity index (χ1n) is 29.6. The molecule has 0 radical (unpaired) electrons. The Balaban J connectivity index is 2.11. The van der Waals surface area contributed by atoms with E-state index in [1.807, 2.05) is 0 Å². The number of carbonyl (C=O) groups is 1. The molecule has 0 aromatic carbocycles. The third kappa shape index (κ3) is 40.5. The van der Waals surface area contributed by atoms with E-state index in [4.69, 9.17) is 18.9 Å². The summed E-state index contributed by atoms with van der Waals surface area (Å²) in [5.74, 6) is -0.303. The van der Waals surface area contributed by atoms with Gasteiger partial charge >= 0.3 is 5.97 Å². The van der Waals surface area contributed by atoms with Crippen molar-refractivity contribution in [1.29, 1.82) is 0 Å². The summed E-state index contributed by atoms with van der Waals surface area (Å²) in [7, 11) is 0. The summed E-state index contributed by atoms with van der Waals surface area (Å²) in [5, 5.41) is 40.4. The number of unbranched alkanes of at least 4 members (excludes halogenated alkanes) is 42. The lowest BCUT2D eigenvalue weighted by Gasteiger charge is -2.39. The van der Waals surface area contributed by atoms with Gasteiger partial charge in [0, 0.05) is 13.0 Å². The fourth-order valence-corrected chi connectivity index (χ4v) is 9.67. The molecule has 4 N–H and O–H groups in total. The molecule has 0 bridgehead atoms. The predicted molar refractivity (Wildman–Crippen MR) is 280 cm³/mol. The van der Waals surface area contributed by atoms with Crippen LogP contribution in [0, 0.1) is 0 Å². The molecule has 1 aliphatic heterocycles. The largest absolute Gasteiger partial charge is 0.457 e. The van der Waals surface area contributed by atoms with Crippen molar-refractivity contribution >= 4 is 5.97 Å². The van der Waals surface area contributed by atoms with Crippen molar-refractivity contribution < 1.29 is 44.2 Å². The molecule has 1 aliphatic rings. The van der Waals surface area contributed by atoms with E-state index in [1.54, 1.807) is 0 Å². The number of rotatable bonds is 53. The smallest absolute Gasteiger partial charge is 0.306 e. The van der Waals surface area contributed by atoms with Crippen LogP contribution in [0.3, 0.4) is 0 Å². The number of aliphatic hydroxyl groups is 4. The molecule has 67 heavy (non-hydrogen) atoms. The maximum Gasteiger partial charge on any atom is 0.306 e. The highest BCUT2D eigenvalue weighted by Gasteiger charge is 2.44. The fourth-order valence-electron chi connectivity index (χ4n) is 9.67. The van der Waals surface area contributed by atoms with Crippen LogP contribution < -0.4 is 0 Å². The number of hydrogen-bond donors (Lipinski definition) is 4. The van der Waals surface area contributed by atoms with E-state index in [9.17, 15) is 25.2 Å². The van der Waals surface area contributed by atoms with Crippen LogP contribution in [0.4, 0.5) is 0 Å². The van der Waals surface area contributed by atoms with Crippen molar-refractivity contribution in [1.82, 2.24) is 0 Å². The summed E-state index contributed by atoms with van der Waals surface area (Å²) in [6.07, 6.45) is 51.6. The summed E-state index contributed by atoms with van der Waals surface area (Å²) in [6, 6.07) is 0. The van der Waals surface area contributed by atoms with Gasteiger partial charge in [0.15, 0.2) is 6.29 Å². The van der Waals surface area contributed by atoms with Crippen molar-refractivity contribution in [2.75, 3.05) is 26.4 Å². The summed E-state index contributed by atoms with van der Waals surface area (Å²) in [4.78, 5) is 12.9. The van der Waals surface area contributed by atoms with E-state index in [-0.39, 0.29) is 19.2 Å². The molecule has 1 fully saturated rings. The second-order valence-corrected chi connectivity index (χ2v) is 20.8. The Hall–Kier alpha value is -0.810. The lowest BCUT2D eigenvalue weighted by molar-refractivity contribution is -0.305. The highest BCUT2D eigenvalue weighted by Crippen LogP contribution is 2.23. The SMILES string of the molecule is CCCCCCCCCCCCCCCCCCCCCCCCCCCOCC(COC1OC(CO)C(O)C(O)C1O)OC(=O)CCCCCCCCCCCCCCCCCCCCC. The molecule has 0 aliphatic carbocycles. The maximum absolute atomic E-state index is 12.9. The molecule has 0 spiro atoms. The van der Waals surface area contributed by atoms with Crippen molar-refractivity contribution in [3.05, 3.63) is 0 Å². The van der Waals surface area contributed by atoms with E-state index in [2.05, 4.69) is 13.8 Å². The molecular formula is C58H114O9. The van der Waals surface area contributed by atoms with E-state index in [1.165, 1.54) is 250 Å². The van der Waals surface area contributed by atoms with Crippen LogP contribution in [-0.4, -0.2) is 89.6 Å². The summed E-state index contributed by atoms with van der Waals surface area (Å²) in [5.41, 5.74) is 0.